The Labute approximate surface area is 97.4 Å². The lowest BCUT2D eigenvalue weighted by molar-refractivity contribution is 0.276. The van der Waals surface area contributed by atoms with Crippen LogP contribution in [-0.4, -0.2) is 10.1 Å². The van der Waals surface area contributed by atoms with Gasteiger partial charge in [0.25, 0.3) is 0 Å². The van der Waals surface area contributed by atoms with Gasteiger partial charge in [0.2, 0.25) is 0 Å². The van der Waals surface area contributed by atoms with Crippen LogP contribution in [0.25, 0.3) is 10.6 Å². The van der Waals surface area contributed by atoms with Gasteiger partial charge in [0.15, 0.2) is 0 Å². The monoisotopic (exact) mass is 237 g/mol. The predicted octanol–water partition coefficient (Wildman–Crippen LogP) is 3.00. The first-order valence-corrected chi connectivity index (χ1v) is 5.92. The van der Waals surface area contributed by atoms with Crippen LogP contribution in [-0.2, 0) is 13.0 Å². The molecule has 0 atom stereocenters. The van der Waals surface area contributed by atoms with E-state index in [2.05, 4.69) is 4.98 Å². The number of hydrogen-bond donors (Lipinski definition) is 1. The van der Waals surface area contributed by atoms with Crippen molar-refractivity contribution in [2.75, 3.05) is 0 Å². The minimum Gasteiger partial charge on any atom is -0.390 e. The summed E-state index contributed by atoms with van der Waals surface area (Å²) < 4.78 is 13.5. The number of nitrogens with zero attached hydrogens (tertiary/aromatic N) is 1. The van der Waals surface area contributed by atoms with E-state index in [0.29, 0.717) is 16.3 Å². The minimum atomic E-state index is -0.275. The van der Waals surface area contributed by atoms with Crippen molar-refractivity contribution in [1.82, 2.24) is 4.98 Å². The zero-order valence-electron chi connectivity index (χ0n) is 8.90. The fourth-order valence-corrected chi connectivity index (χ4v) is 2.57. The van der Waals surface area contributed by atoms with E-state index in [4.69, 9.17) is 5.11 Å². The smallest absolute Gasteiger partial charge is 0.133 e. The maximum atomic E-state index is 13.5. The summed E-state index contributed by atoms with van der Waals surface area (Å²) in [6.45, 7) is 1.91. The largest absolute Gasteiger partial charge is 0.390 e. The molecule has 0 saturated carbocycles. The van der Waals surface area contributed by atoms with Crippen LogP contribution in [0.5, 0.6) is 0 Å². The summed E-state index contributed by atoms with van der Waals surface area (Å²) >= 11 is 1.44. The Morgan fingerprint density at radius 3 is 2.69 bits per heavy atom. The van der Waals surface area contributed by atoms with E-state index < -0.39 is 0 Å². The molecule has 0 amide bonds. The first-order valence-electron chi connectivity index (χ1n) is 5.10. The highest BCUT2D eigenvalue weighted by Gasteiger charge is 2.12. The van der Waals surface area contributed by atoms with Gasteiger partial charge in [0, 0.05) is 10.4 Å². The molecular formula is C12H12FNOS. The summed E-state index contributed by atoms with van der Waals surface area (Å²) in [5.41, 5.74) is 1.16. The zero-order chi connectivity index (χ0) is 11.5. The lowest BCUT2D eigenvalue weighted by Crippen LogP contribution is -1.88. The molecule has 0 aliphatic rings. The number of rotatable bonds is 3. The normalized spacial score (nSPS) is 10.7. The van der Waals surface area contributed by atoms with Crippen molar-refractivity contribution < 1.29 is 9.50 Å². The first-order chi connectivity index (χ1) is 7.76. The lowest BCUT2D eigenvalue weighted by atomic mass is 10.2. The van der Waals surface area contributed by atoms with Gasteiger partial charge < -0.3 is 5.11 Å². The van der Waals surface area contributed by atoms with Gasteiger partial charge >= 0.3 is 0 Å². The Morgan fingerprint density at radius 2 is 2.12 bits per heavy atom. The quantitative estimate of drug-likeness (QED) is 0.890. The zero-order valence-corrected chi connectivity index (χ0v) is 9.72. The molecule has 0 radical (unpaired) electrons. The van der Waals surface area contributed by atoms with Crippen molar-refractivity contribution in [1.29, 1.82) is 0 Å². The predicted molar refractivity (Wildman–Crippen MR) is 62.8 cm³/mol. The summed E-state index contributed by atoms with van der Waals surface area (Å²) in [4.78, 5) is 5.27. The molecule has 4 heteroatoms. The van der Waals surface area contributed by atoms with E-state index in [1.807, 2.05) is 6.92 Å². The van der Waals surface area contributed by atoms with Crippen LogP contribution in [0.4, 0.5) is 4.39 Å². The third-order valence-electron chi connectivity index (χ3n) is 2.35. The molecule has 0 unspecified atom stereocenters. The molecule has 0 bridgehead atoms. The number of thiazole rings is 1. The fourth-order valence-electron chi connectivity index (χ4n) is 1.53. The number of aliphatic hydroxyl groups is 1. The van der Waals surface area contributed by atoms with Gasteiger partial charge in [0.1, 0.15) is 10.8 Å². The molecule has 16 heavy (non-hydrogen) atoms. The number of halogens is 1. The second-order valence-corrected chi connectivity index (χ2v) is 4.46. The summed E-state index contributed by atoms with van der Waals surface area (Å²) in [5, 5.41) is 9.77. The average molecular weight is 237 g/mol. The van der Waals surface area contributed by atoms with Gasteiger partial charge in [-0.2, -0.15) is 0 Å². The van der Waals surface area contributed by atoms with Crippen molar-refractivity contribution in [3.63, 3.8) is 0 Å². The average Bonchev–Trinajstić information content (AvgIpc) is 2.72. The molecule has 1 aromatic carbocycles. The van der Waals surface area contributed by atoms with Crippen molar-refractivity contribution in [2.24, 2.45) is 0 Å². The summed E-state index contributed by atoms with van der Waals surface area (Å²) in [7, 11) is 0. The van der Waals surface area contributed by atoms with Gasteiger partial charge in [-0.1, -0.05) is 19.1 Å². The Morgan fingerprint density at radius 1 is 1.38 bits per heavy atom. The van der Waals surface area contributed by atoms with E-state index >= 15 is 0 Å². The van der Waals surface area contributed by atoms with E-state index in [1.165, 1.54) is 17.4 Å². The Kier molecular flexibility index (Phi) is 3.31. The summed E-state index contributed by atoms with van der Waals surface area (Å²) in [6.07, 6.45) is 0.808. The van der Waals surface area contributed by atoms with E-state index in [0.717, 1.165) is 11.3 Å². The van der Waals surface area contributed by atoms with E-state index in [1.54, 1.807) is 18.2 Å². The van der Waals surface area contributed by atoms with Crippen LogP contribution in [0.1, 0.15) is 17.5 Å². The molecular weight excluding hydrogens is 225 g/mol. The SMILES string of the molecule is CCc1sc(-c2ccccc2F)nc1CO. The fraction of sp³-hybridized carbons (Fsp3) is 0.250. The van der Waals surface area contributed by atoms with Crippen LogP contribution in [0.15, 0.2) is 24.3 Å². The third-order valence-corrected chi connectivity index (χ3v) is 3.63. The van der Waals surface area contributed by atoms with Crippen LogP contribution >= 0.6 is 11.3 Å². The topological polar surface area (TPSA) is 33.1 Å². The van der Waals surface area contributed by atoms with Gasteiger partial charge in [-0.25, -0.2) is 9.37 Å². The van der Waals surface area contributed by atoms with E-state index in [9.17, 15) is 4.39 Å². The molecule has 0 spiro atoms. The summed E-state index contributed by atoms with van der Waals surface area (Å²) in [6, 6.07) is 6.56. The highest BCUT2D eigenvalue weighted by atomic mass is 32.1. The first kappa shape index (κ1) is 11.2. The molecule has 1 aromatic heterocycles. The molecule has 1 N–H and O–H groups in total. The molecule has 2 nitrogen and oxygen atoms in total. The minimum absolute atomic E-state index is 0.0892. The highest BCUT2D eigenvalue weighted by Crippen LogP contribution is 2.30. The molecule has 0 saturated heterocycles. The van der Waals surface area contributed by atoms with Gasteiger partial charge in [0.05, 0.1) is 12.3 Å². The highest BCUT2D eigenvalue weighted by molar-refractivity contribution is 7.15. The molecule has 0 aliphatic heterocycles. The number of hydrogen-bond acceptors (Lipinski definition) is 3. The molecule has 0 aliphatic carbocycles. The van der Waals surface area contributed by atoms with E-state index in [-0.39, 0.29) is 12.4 Å². The maximum absolute atomic E-state index is 13.5. The molecule has 1 heterocycles. The molecule has 2 aromatic rings. The van der Waals surface area contributed by atoms with Gasteiger partial charge in [-0.15, -0.1) is 11.3 Å². The Balaban J connectivity index is 2.49. The lowest BCUT2D eigenvalue weighted by Gasteiger charge is -1.96. The third kappa shape index (κ3) is 1.99. The molecule has 84 valence electrons. The number of aromatic nitrogens is 1. The molecule has 2 rings (SSSR count). The Bertz CT molecular complexity index is 474. The van der Waals surface area contributed by atoms with Crippen molar-refractivity contribution in [2.45, 2.75) is 20.0 Å². The second kappa shape index (κ2) is 4.72. The van der Waals surface area contributed by atoms with Crippen molar-refractivity contribution >= 4 is 11.3 Å². The van der Waals surface area contributed by atoms with Crippen LogP contribution < -0.4 is 0 Å². The number of benzene rings is 1. The Hall–Kier alpha value is -1.26. The number of aryl methyl sites for hydroxylation is 1. The van der Waals surface area contributed by atoms with Crippen molar-refractivity contribution in [3.05, 3.63) is 40.7 Å². The maximum Gasteiger partial charge on any atom is 0.133 e. The van der Waals surface area contributed by atoms with Crippen LogP contribution in [0.3, 0.4) is 0 Å². The second-order valence-electron chi connectivity index (χ2n) is 3.38. The summed E-state index contributed by atoms with van der Waals surface area (Å²) in [5.74, 6) is -0.275. The molecule has 0 fully saturated rings. The van der Waals surface area contributed by atoms with Crippen LogP contribution in [0.2, 0.25) is 0 Å². The number of aliphatic hydroxyl groups excluding tert-OH is 1. The van der Waals surface area contributed by atoms with Gasteiger partial charge in [-0.3, -0.25) is 0 Å². The van der Waals surface area contributed by atoms with Crippen molar-refractivity contribution in [3.8, 4) is 10.6 Å². The standard InChI is InChI=1S/C12H12FNOS/c1-2-11-10(7-15)14-12(16-11)8-5-3-4-6-9(8)13/h3-6,15H,2,7H2,1H3. The van der Waals surface area contributed by atoms with Gasteiger partial charge in [-0.05, 0) is 18.6 Å². The van der Waals surface area contributed by atoms with Crippen LogP contribution in [0, 0.1) is 5.82 Å².